The molecule has 1 saturated heterocycles. The number of benzene rings is 2. The van der Waals surface area contributed by atoms with E-state index in [2.05, 4.69) is 5.32 Å². The lowest BCUT2D eigenvalue weighted by atomic mass is 10.1. The summed E-state index contributed by atoms with van der Waals surface area (Å²) in [5.41, 5.74) is 1.76. The SMILES string of the molecule is Cc1ccc(C(=O)NC(C)c2ccc3c(c2)OCCO3)cc1S(=O)(=O)N1CCOCC1. The number of ether oxygens (including phenoxy) is 3. The second-order valence-corrected chi connectivity index (χ2v) is 9.50. The third-order valence-corrected chi connectivity index (χ3v) is 7.49. The third kappa shape index (κ3) is 4.53. The number of fused-ring (bicyclic) bond motifs is 1. The maximum absolute atomic E-state index is 13.1. The molecule has 8 nitrogen and oxygen atoms in total. The number of nitrogens with one attached hydrogen (secondary N) is 1. The minimum atomic E-state index is -3.70. The van der Waals surface area contributed by atoms with Crippen LogP contribution in [0.15, 0.2) is 41.3 Å². The fourth-order valence-electron chi connectivity index (χ4n) is 3.64. The molecule has 0 aliphatic carbocycles. The summed E-state index contributed by atoms with van der Waals surface area (Å²) < 4.78 is 44.0. The smallest absolute Gasteiger partial charge is 0.251 e. The molecule has 1 fully saturated rings. The van der Waals surface area contributed by atoms with E-state index < -0.39 is 10.0 Å². The van der Waals surface area contributed by atoms with Gasteiger partial charge in [0.2, 0.25) is 10.0 Å². The van der Waals surface area contributed by atoms with Crippen LogP contribution in [0.4, 0.5) is 0 Å². The van der Waals surface area contributed by atoms with E-state index in [-0.39, 0.29) is 16.8 Å². The molecule has 1 unspecified atom stereocenters. The first-order chi connectivity index (χ1) is 14.9. The van der Waals surface area contributed by atoms with Crippen molar-refractivity contribution in [3.05, 3.63) is 53.1 Å². The fourth-order valence-corrected chi connectivity index (χ4v) is 5.30. The van der Waals surface area contributed by atoms with Gasteiger partial charge >= 0.3 is 0 Å². The van der Waals surface area contributed by atoms with Crippen LogP contribution in [0.5, 0.6) is 11.5 Å². The molecule has 2 heterocycles. The van der Waals surface area contributed by atoms with Crippen LogP contribution in [0, 0.1) is 6.92 Å². The molecule has 0 aromatic heterocycles. The van der Waals surface area contributed by atoms with E-state index in [1.54, 1.807) is 19.1 Å². The maximum atomic E-state index is 13.1. The molecule has 2 aromatic rings. The third-order valence-electron chi connectivity index (χ3n) is 5.45. The Hall–Kier alpha value is -2.62. The standard InChI is InChI=1S/C22H26N2O6S/c1-15-3-4-18(14-21(15)31(26,27)24-7-9-28-10-8-24)22(25)23-16(2)17-5-6-19-20(13-17)30-12-11-29-19/h3-6,13-14,16H,7-12H2,1-2H3,(H,23,25). The number of rotatable bonds is 5. The molecule has 166 valence electrons. The highest BCUT2D eigenvalue weighted by Gasteiger charge is 2.28. The zero-order valence-electron chi connectivity index (χ0n) is 17.6. The molecular formula is C22H26N2O6S. The molecule has 2 aromatic carbocycles. The van der Waals surface area contributed by atoms with Crippen LogP contribution in [-0.2, 0) is 14.8 Å². The Balaban J connectivity index is 1.53. The molecule has 0 saturated carbocycles. The molecular weight excluding hydrogens is 420 g/mol. The molecule has 4 rings (SSSR count). The fraction of sp³-hybridized carbons (Fsp3) is 0.409. The van der Waals surface area contributed by atoms with Gasteiger partial charge in [0.25, 0.3) is 5.91 Å². The van der Waals surface area contributed by atoms with Crippen molar-refractivity contribution in [2.75, 3.05) is 39.5 Å². The summed E-state index contributed by atoms with van der Waals surface area (Å²) in [6, 6.07) is 10.0. The van der Waals surface area contributed by atoms with Gasteiger partial charge in [0.05, 0.1) is 24.2 Å². The molecule has 1 N–H and O–H groups in total. The van der Waals surface area contributed by atoms with Crippen LogP contribution in [0.3, 0.4) is 0 Å². The predicted octanol–water partition coefficient (Wildman–Crippen LogP) is 2.28. The summed E-state index contributed by atoms with van der Waals surface area (Å²) in [5.74, 6) is 0.991. The van der Waals surface area contributed by atoms with Crippen LogP contribution < -0.4 is 14.8 Å². The van der Waals surface area contributed by atoms with E-state index >= 15 is 0 Å². The first-order valence-electron chi connectivity index (χ1n) is 10.3. The number of carbonyl (C=O) groups excluding carboxylic acids is 1. The lowest BCUT2D eigenvalue weighted by molar-refractivity contribution is 0.0730. The summed E-state index contributed by atoms with van der Waals surface area (Å²) in [4.78, 5) is 13.0. The molecule has 0 spiro atoms. The lowest BCUT2D eigenvalue weighted by Crippen LogP contribution is -2.41. The number of hydrogen-bond donors (Lipinski definition) is 1. The monoisotopic (exact) mass is 446 g/mol. The number of sulfonamides is 1. The zero-order chi connectivity index (χ0) is 22.0. The summed E-state index contributed by atoms with van der Waals surface area (Å²) in [6.07, 6.45) is 0. The highest BCUT2D eigenvalue weighted by atomic mass is 32.2. The van der Waals surface area contributed by atoms with Crippen molar-refractivity contribution in [2.24, 2.45) is 0 Å². The number of nitrogens with zero attached hydrogens (tertiary/aromatic N) is 1. The highest BCUT2D eigenvalue weighted by Crippen LogP contribution is 2.32. The Labute approximate surface area is 182 Å². The minimum absolute atomic E-state index is 0.147. The Morgan fingerprint density at radius 2 is 1.71 bits per heavy atom. The van der Waals surface area contributed by atoms with E-state index in [9.17, 15) is 13.2 Å². The highest BCUT2D eigenvalue weighted by molar-refractivity contribution is 7.89. The zero-order valence-corrected chi connectivity index (χ0v) is 18.4. The Kier molecular flexibility index (Phi) is 6.17. The Morgan fingerprint density at radius 3 is 2.45 bits per heavy atom. The van der Waals surface area contributed by atoms with Crippen molar-refractivity contribution < 1.29 is 27.4 Å². The van der Waals surface area contributed by atoms with Gasteiger partial charge in [-0.05, 0) is 49.2 Å². The number of morpholine rings is 1. The van der Waals surface area contributed by atoms with Gasteiger partial charge in [0.15, 0.2) is 11.5 Å². The van der Waals surface area contributed by atoms with E-state index in [0.717, 1.165) is 5.56 Å². The quantitative estimate of drug-likeness (QED) is 0.757. The summed E-state index contributed by atoms with van der Waals surface area (Å²) >= 11 is 0. The van der Waals surface area contributed by atoms with Crippen LogP contribution in [0.1, 0.15) is 34.5 Å². The average molecular weight is 447 g/mol. The number of carbonyl (C=O) groups is 1. The van der Waals surface area contributed by atoms with Gasteiger partial charge in [-0.15, -0.1) is 0 Å². The number of aryl methyl sites for hydroxylation is 1. The Morgan fingerprint density at radius 1 is 1.00 bits per heavy atom. The van der Waals surface area contributed by atoms with Crippen LogP contribution >= 0.6 is 0 Å². The Bertz CT molecular complexity index is 1080. The topological polar surface area (TPSA) is 94.2 Å². The van der Waals surface area contributed by atoms with Crippen molar-refractivity contribution in [3.8, 4) is 11.5 Å². The van der Waals surface area contributed by atoms with Crippen molar-refractivity contribution in [2.45, 2.75) is 24.8 Å². The van der Waals surface area contributed by atoms with Gasteiger partial charge in [0.1, 0.15) is 13.2 Å². The molecule has 0 bridgehead atoms. The van der Waals surface area contributed by atoms with Gasteiger partial charge in [-0.3, -0.25) is 4.79 Å². The van der Waals surface area contributed by atoms with Gasteiger partial charge in [-0.1, -0.05) is 12.1 Å². The summed E-state index contributed by atoms with van der Waals surface area (Å²) in [5, 5.41) is 2.93. The molecule has 1 atom stereocenters. The van der Waals surface area contributed by atoms with E-state index in [1.165, 1.54) is 10.4 Å². The van der Waals surface area contributed by atoms with Crippen molar-refractivity contribution >= 4 is 15.9 Å². The summed E-state index contributed by atoms with van der Waals surface area (Å²) in [7, 11) is -3.70. The molecule has 0 radical (unpaired) electrons. The van der Waals surface area contributed by atoms with Gasteiger partial charge in [-0.2, -0.15) is 4.31 Å². The first kappa shape index (κ1) is 21.6. The van der Waals surface area contributed by atoms with Crippen molar-refractivity contribution in [1.82, 2.24) is 9.62 Å². The second-order valence-electron chi connectivity index (χ2n) is 7.59. The van der Waals surface area contributed by atoms with Gasteiger partial charge < -0.3 is 19.5 Å². The van der Waals surface area contributed by atoms with E-state index in [0.29, 0.717) is 62.1 Å². The maximum Gasteiger partial charge on any atom is 0.251 e. The number of amides is 1. The average Bonchev–Trinajstić information content (AvgIpc) is 2.79. The van der Waals surface area contributed by atoms with Crippen LogP contribution in [0.25, 0.3) is 0 Å². The van der Waals surface area contributed by atoms with E-state index in [4.69, 9.17) is 14.2 Å². The molecule has 2 aliphatic rings. The lowest BCUT2D eigenvalue weighted by Gasteiger charge is -2.27. The van der Waals surface area contributed by atoms with Crippen LogP contribution in [-0.4, -0.2) is 58.1 Å². The van der Waals surface area contributed by atoms with Crippen molar-refractivity contribution in [1.29, 1.82) is 0 Å². The predicted molar refractivity (Wildman–Crippen MR) is 114 cm³/mol. The van der Waals surface area contributed by atoms with Gasteiger partial charge in [-0.25, -0.2) is 8.42 Å². The van der Waals surface area contributed by atoms with Crippen molar-refractivity contribution in [3.63, 3.8) is 0 Å². The minimum Gasteiger partial charge on any atom is -0.486 e. The molecule has 1 amide bonds. The molecule has 31 heavy (non-hydrogen) atoms. The molecule has 2 aliphatic heterocycles. The largest absolute Gasteiger partial charge is 0.486 e. The summed E-state index contributed by atoms with van der Waals surface area (Å²) in [6.45, 7) is 5.94. The second kappa shape index (κ2) is 8.86. The number of hydrogen-bond acceptors (Lipinski definition) is 6. The van der Waals surface area contributed by atoms with Gasteiger partial charge in [0, 0.05) is 18.7 Å². The molecule has 9 heteroatoms. The van der Waals surface area contributed by atoms with E-state index in [1.807, 2.05) is 25.1 Å². The van der Waals surface area contributed by atoms with Crippen LogP contribution in [0.2, 0.25) is 0 Å². The first-order valence-corrected chi connectivity index (χ1v) is 11.7. The normalized spacial score (nSPS) is 17.7.